The average Bonchev–Trinajstić information content (AvgIpc) is 3.48. The molecule has 3 aromatic carbocycles. The van der Waals surface area contributed by atoms with E-state index >= 15 is 0 Å². The number of benzene rings is 3. The van der Waals surface area contributed by atoms with E-state index in [0.717, 1.165) is 24.2 Å². The molecule has 10 heteroatoms. The molecule has 1 fully saturated rings. The highest BCUT2D eigenvalue weighted by molar-refractivity contribution is 8.15. The summed E-state index contributed by atoms with van der Waals surface area (Å²) in [6.45, 7) is 3.31. The number of anilines is 1. The van der Waals surface area contributed by atoms with Crippen molar-refractivity contribution in [3.05, 3.63) is 72.3 Å². The number of amidine groups is 1. The summed E-state index contributed by atoms with van der Waals surface area (Å²) in [5, 5.41) is 2.75. The number of fused-ring (bicyclic) bond motifs is 1. The van der Waals surface area contributed by atoms with Crippen LogP contribution in [0.3, 0.4) is 0 Å². The lowest BCUT2D eigenvalue weighted by atomic mass is 10.1. The quantitative estimate of drug-likeness (QED) is 0.240. The first-order valence-electron chi connectivity index (χ1n) is 14.1. The van der Waals surface area contributed by atoms with Gasteiger partial charge in [-0.05, 0) is 72.6 Å². The first-order chi connectivity index (χ1) is 20.5. The van der Waals surface area contributed by atoms with Crippen LogP contribution in [0.1, 0.15) is 44.6 Å². The Hall–Kier alpha value is -4.18. The fraction of sp³-hybridized carbons (Fsp3) is 0.344. The zero-order valence-corrected chi connectivity index (χ0v) is 24.7. The Morgan fingerprint density at radius 3 is 2.52 bits per heavy atom. The van der Waals surface area contributed by atoms with Gasteiger partial charge in [0.2, 0.25) is 18.6 Å². The summed E-state index contributed by atoms with van der Waals surface area (Å²) in [6, 6.07) is 20.1. The summed E-state index contributed by atoms with van der Waals surface area (Å²) in [5.41, 5.74) is 2.15. The predicted octanol–water partition coefficient (Wildman–Crippen LogP) is 6.54. The fourth-order valence-electron chi connectivity index (χ4n) is 4.56. The van der Waals surface area contributed by atoms with Crippen LogP contribution in [0.2, 0.25) is 0 Å². The van der Waals surface area contributed by atoms with Gasteiger partial charge < -0.3 is 24.3 Å². The summed E-state index contributed by atoms with van der Waals surface area (Å²) in [5.74, 6) is 2.34. The molecule has 1 atom stereocenters. The van der Waals surface area contributed by atoms with E-state index in [2.05, 4.69) is 12.2 Å². The maximum absolute atomic E-state index is 13.5. The highest BCUT2D eigenvalue weighted by atomic mass is 32.2. The molecule has 0 bridgehead atoms. The second kappa shape index (κ2) is 14.1. The lowest BCUT2D eigenvalue weighted by Gasteiger charge is -2.32. The molecule has 42 heavy (non-hydrogen) atoms. The molecule has 2 heterocycles. The fourth-order valence-corrected chi connectivity index (χ4v) is 5.66. The van der Waals surface area contributed by atoms with Gasteiger partial charge in [0.05, 0.1) is 25.9 Å². The summed E-state index contributed by atoms with van der Waals surface area (Å²) in [6.07, 6.45) is 4.61. The van der Waals surface area contributed by atoms with Crippen LogP contribution in [0.5, 0.6) is 23.0 Å². The molecular weight excluding hydrogens is 554 g/mol. The average molecular weight is 590 g/mol. The van der Waals surface area contributed by atoms with Crippen molar-refractivity contribution in [1.29, 1.82) is 0 Å². The highest BCUT2D eigenvalue weighted by Crippen LogP contribution is 2.35. The number of hydrogen-bond donors (Lipinski definition) is 1. The largest absolute Gasteiger partial charge is 0.497 e. The lowest BCUT2D eigenvalue weighted by molar-refractivity contribution is -0.129. The van der Waals surface area contributed by atoms with Gasteiger partial charge >= 0.3 is 0 Å². The van der Waals surface area contributed by atoms with E-state index in [-0.39, 0.29) is 31.6 Å². The first kappa shape index (κ1) is 29.3. The molecule has 0 spiro atoms. The van der Waals surface area contributed by atoms with E-state index in [0.29, 0.717) is 40.4 Å². The molecule has 0 aliphatic carbocycles. The molecule has 0 radical (unpaired) electrons. The Balaban J connectivity index is 1.28. The molecule has 2 aliphatic heterocycles. The van der Waals surface area contributed by atoms with Crippen molar-refractivity contribution in [2.45, 2.75) is 50.8 Å². The maximum Gasteiger partial charge on any atom is 0.238 e. The molecule has 1 N–H and O–H groups in total. The van der Waals surface area contributed by atoms with Crippen LogP contribution in [0.25, 0.3) is 0 Å². The van der Waals surface area contributed by atoms with Crippen molar-refractivity contribution >= 4 is 40.1 Å². The summed E-state index contributed by atoms with van der Waals surface area (Å²) < 4.78 is 22.0. The van der Waals surface area contributed by atoms with Crippen LogP contribution in [-0.4, -0.2) is 47.6 Å². The Bertz CT molecular complexity index is 1410. The molecular formula is C32H35N3O6S. The van der Waals surface area contributed by atoms with Crippen LogP contribution in [0.15, 0.2) is 71.7 Å². The molecule has 9 nitrogen and oxygen atoms in total. The zero-order chi connectivity index (χ0) is 29.3. The van der Waals surface area contributed by atoms with Crippen molar-refractivity contribution < 1.29 is 28.5 Å². The summed E-state index contributed by atoms with van der Waals surface area (Å²) in [7, 11) is 1.60. The standard InChI is InChI=1S/C32H35N3O6S/c1-3-4-5-6-17-39-26-14-10-23(11-15-26)33-31(37)29-19-30(36)35(20-22-7-16-27-28(18-22)41-21-40-27)32(42-29)34-24-8-12-25(38-2)13-9-24/h7-16,18,29H,3-6,17,19-21H2,1-2H3,(H,33,37). The van der Waals surface area contributed by atoms with E-state index in [1.165, 1.54) is 24.6 Å². The number of hydrogen-bond acceptors (Lipinski definition) is 8. The van der Waals surface area contributed by atoms with Crippen molar-refractivity contribution in [3.8, 4) is 23.0 Å². The SMILES string of the molecule is CCCCCCOc1ccc(NC(=O)C2CC(=O)N(Cc3ccc4c(c3)OCO4)C(=Nc3ccc(OC)cc3)S2)cc1. The minimum absolute atomic E-state index is 0.0433. The van der Waals surface area contributed by atoms with Crippen LogP contribution in [0.4, 0.5) is 11.4 Å². The van der Waals surface area contributed by atoms with Crippen LogP contribution >= 0.6 is 11.8 Å². The predicted molar refractivity (Wildman–Crippen MR) is 164 cm³/mol. The second-order valence-electron chi connectivity index (χ2n) is 9.99. The van der Waals surface area contributed by atoms with Crippen LogP contribution < -0.4 is 24.3 Å². The molecule has 1 saturated heterocycles. The van der Waals surface area contributed by atoms with Gasteiger partial charge in [-0.3, -0.25) is 14.5 Å². The van der Waals surface area contributed by atoms with Crippen molar-refractivity contribution in [1.82, 2.24) is 4.90 Å². The van der Waals surface area contributed by atoms with Gasteiger partial charge in [0.15, 0.2) is 16.7 Å². The van der Waals surface area contributed by atoms with Crippen molar-refractivity contribution in [3.63, 3.8) is 0 Å². The molecule has 0 aromatic heterocycles. The molecule has 2 aliphatic rings. The van der Waals surface area contributed by atoms with Gasteiger partial charge in [0, 0.05) is 12.1 Å². The van der Waals surface area contributed by atoms with Crippen LogP contribution in [-0.2, 0) is 16.1 Å². The number of carbonyl (C=O) groups excluding carboxylic acids is 2. The van der Waals surface area contributed by atoms with Crippen molar-refractivity contribution in [2.75, 3.05) is 25.8 Å². The van der Waals surface area contributed by atoms with E-state index < -0.39 is 5.25 Å². The molecule has 3 aromatic rings. The Labute approximate surface area is 250 Å². The number of carbonyl (C=O) groups is 2. The number of rotatable bonds is 12. The van der Waals surface area contributed by atoms with Crippen molar-refractivity contribution in [2.24, 2.45) is 4.99 Å². The van der Waals surface area contributed by atoms with E-state index in [4.69, 9.17) is 23.9 Å². The van der Waals surface area contributed by atoms with Gasteiger partial charge in [0.25, 0.3) is 0 Å². The topological polar surface area (TPSA) is 98.7 Å². The van der Waals surface area contributed by atoms with E-state index in [1.54, 1.807) is 24.1 Å². The summed E-state index contributed by atoms with van der Waals surface area (Å²) >= 11 is 1.27. The number of ether oxygens (including phenoxy) is 4. The molecule has 1 unspecified atom stereocenters. The minimum Gasteiger partial charge on any atom is -0.497 e. The van der Waals surface area contributed by atoms with Gasteiger partial charge in [-0.25, -0.2) is 4.99 Å². The van der Waals surface area contributed by atoms with E-state index in [1.807, 2.05) is 54.6 Å². The number of thioether (sulfide) groups is 1. The Morgan fingerprint density at radius 2 is 1.76 bits per heavy atom. The first-order valence-corrected chi connectivity index (χ1v) is 15.0. The third-order valence-corrected chi connectivity index (χ3v) is 8.08. The molecule has 220 valence electrons. The van der Waals surface area contributed by atoms with E-state index in [9.17, 15) is 9.59 Å². The second-order valence-corrected chi connectivity index (χ2v) is 11.2. The normalized spacial score (nSPS) is 16.9. The minimum atomic E-state index is -0.642. The molecule has 0 saturated carbocycles. The monoisotopic (exact) mass is 589 g/mol. The van der Waals surface area contributed by atoms with Crippen LogP contribution in [0, 0.1) is 0 Å². The number of nitrogens with zero attached hydrogens (tertiary/aromatic N) is 2. The number of amides is 2. The Morgan fingerprint density at radius 1 is 1.00 bits per heavy atom. The van der Waals surface area contributed by atoms with Gasteiger partial charge in [-0.1, -0.05) is 44.0 Å². The lowest BCUT2D eigenvalue weighted by Crippen LogP contribution is -2.44. The highest BCUT2D eigenvalue weighted by Gasteiger charge is 2.36. The third-order valence-electron chi connectivity index (χ3n) is 6.90. The molecule has 5 rings (SSSR count). The molecule has 2 amide bonds. The Kier molecular flexibility index (Phi) is 9.86. The number of nitrogens with one attached hydrogen (secondary N) is 1. The number of unbranched alkanes of at least 4 members (excludes halogenated alkanes) is 3. The zero-order valence-electron chi connectivity index (χ0n) is 23.8. The summed E-state index contributed by atoms with van der Waals surface area (Å²) in [4.78, 5) is 33.2. The van der Waals surface area contributed by atoms with Gasteiger partial charge in [-0.2, -0.15) is 0 Å². The maximum atomic E-state index is 13.5. The number of aliphatic imine (C=N–C) groups is 1. The third kappa shape index (κ3) is 7.55. The van der Waals surface area contributed by atoms with Gasteiger partial charge in [-0.15, -0.1) is 0 Å². The van der Waals surface area contributed by atoms with Gasteiger partial charge in [0.1, 0.15) is 16.7 Å². The number of methoxy groups -OCH3 is 1. The smallest absolute Gasteiger partial charge is 0.238 e.